The molecule has 0 atom stereocenters. The monoisotopic (exact) mass is 446 g/mol. The van der Waals surface area contributed by atoms with Crippen LogP contribution >= 0.6 is 0 Å². The number of rotatable bonds is 7. The number of carbonyl (C=O) groups excluding carboxylic acids is 2. The summed E-state index contributed by atoms with van der Waals surface area (Å²) in [5.41, 5.74) is 3.54. The summed E-state index contributed by atoms with van der Waals surface area (Å²) in [4.78, 5) is 24.8. The van der Waals surface area contributed by atoms with Crippen molar-refractivity contribution in [3.8, 4) is 11.1 Å². The van der Waals surface area contributed by atoms with Gasteiger partial charge < -0.3 is 10.2 Å². The molecule has 0 saturated carbocycles. The van der Waals surface area contributed by atoms with Crippen LogP contribution in [0.3, 0.4) is 0 Å². The number of ketones is 2. The fraction of sp³-hybridized carbons (Fsp3) is 0. The summed E-state index contributed by atoms with van der Waals surface area (Å²) in [7, 11) is 0. The second kappa shape index (κ2) is 10.3. The summed E-state index contributed by atoms with van der Waals surface area (Å²) in [6.45, 7) is 0. The minimum Gasteiger partial charge on any atom is -0.507 e. The SMILES string of the molecule is O=C(/C=C(\O)c1cccc(-c2cccc(/C(O)=C/C(=O)c3ccccc3)c2)c1)c1ccccc1. The molecule has 0 saturated heterocycles. The Morgan fingerprint density at radius 1 is 0.471 bits per heavy atom. The number of hydrogen-bond acceptors (Lipinski definition) is 4. The zero-order chi connectivity index (χ0) is 23.9. The summed E-state index contributed by atoms with van der Waals surface area (Å²) in [5.74, 6) is -0.849. The largest absolute Gasteiger partial charge is 0.507 e. The summed E-state index contributed by atoms with van der Waals surface area (Å²) in [5, 5.41) is 21.1. The number of benzene rings is 4. The molecule has 4 heteroatoms. The van der Waals surface area contributed by atoms with Crippen molar-refractivity contribution >= 4 is 23.1 Å². The molecule has 0 aliphatic rings. The zero-order valence-corrected chi connectivity index (χ0v) is 18.3. The average Bonchev–Trinajstić information content (AvgIpc) is 2.89. The lowest BCUT2D eigenvalue weighted by atomic mass is 9.99. The van der Waals surface area contributed by atoms with Crippen LogP contribution < -0.4 is 0 Å². The summed E-state index contributed by atoms with van der Waals surface area (Å²) < 4.78 is 0. The zero-order valence-electron chi connectivity index (χ0n) is 18.3. The van der Waals surface area contributed by atoms with Gasteiger partial charge in [0.05, 0.1) is 0 Å². The molecule has 4 nitrogen and oxygen atoms in total. The first kappa shape index (κ1) is 22.5. The van der Waals surface area contributed by atoms with E-state index in [-0.39, 0.29) is 23.1 Å². The lowest BCUT2D eigenvalue weighted by Crippen LogP contribution is -1.97. The van der Waals surface area contributed by atoms with E-state index >= 15 is 0 Å². The summed E-state index contributed by atoms with van der Waals surface area (Å²) >= 11 is 0. The molecule has 0 heterocycles. The molecule has 0 aliphatic heterocycles. The van der Waals surface area contributed by atoms with Gasteiger partial charge >= 0.3 is 0 Å². The van der Waals surface area contributed by atoms with E-state index < -0.39 is 0 Å². The number of carbonyl (C=O) groups is 2. The highest BCUT2D eigenvalue weighted by Gasteiger charge is 2.10. The second-order valence-electron chi connectivity index (χ2n) is 7.68. The van der Waals surface area contributed by atoms with Gasteiger partial charge in [-0.25, -0.2) is 0 Å². The summed E-state index contributed by atoms with van der Waals surface area (Å²) in [6.07, 6.45) is 2.41. The maximum Gasteiger partial charge on any atom is 0.189 e. The van der Waals surface area contributed by atoms with Crippen molar-refractivity contribution in [2.24, 2.45) is 0 Å². The van der Waals surface area contributed by atoms with E-state index in [4.69, 9.17) is 0 Å². The van der Waals surface area contributed by atoms with Crippen LogP contribution in [0.15, 0.2) is 121 Å². The fourth-order valence-corrected chi connectivity index (χ4v) is 3.50. The molecule has 4 aromatic rings. The van der Waals surface area contributed by atoms with Gasteiger partial charge in [-0.2, -0.15) is 0 Å². The van der Waals surface area contributed by atoms with Crippen molar-refractivity contribution in [2.75, 3.05) is 0 Å². The lowest BCUT2D eigenvalue weighted by molar-refractivity contribution is 0.103. The molecule has 2 N–H and O–H groups in total. The van der Waals surface area contributed by atoms with Crippen LogP contribution in [0.5, 0.6) is 0 Å². The fourth-order valence-electron chi connectivity index (χ4n) is 3.50. The highest BCUT2D eigenvalue weighted by Crippen LogP contribution is 2.26. The molecule has 0 spiro atoms. The van der Waals surface area contributed by atoms with Crippen molar-refractivity contribution in [3.05, 3.63) is 144 Å². The average molecular weight is 447 g/mol. The van der Waals surface area contributed by atoms with E-state index in [0.29, 0.717) is 22.3 Å². The van der Waals surface area contributed by atoms with Gasteiger partial charge in [0.15, 0.2) is 11.6 Å². The van der Waals surface area contributed by atoms with Crippen molar-refractivity contribution in [1.82, 2.24) is 0 Å². The number of hydrogen-bond donors (Lipinski definition) is 2. The van der Waals surface area contributed by atoms with Gasteiger partial charge in [-0.05, 0) is 23.3 Å². The van der Waals surface area contributed by atoms with E-state index in [1.165, 1.54) is 12.2 Å². The van der Waals surface area contributed by atoms with Crippen LogP contribution in [-0.4, -0.2) is 21.8 Å². The third kappa shape index (κ3) is 5.37. The Morgan fingerprint density at radius 2 is 0.824 bits per heavy atom. The first-order valence-electron chi connectivity index (χ1n) is 10.7. The highest BCUT2D eigenvalue weighted by molar-refractivity contribution is 6.08. The maximum atomic E-state index is 12.4. The lowest BCUT2D eigenvalue weighted by Gasteiger charge is -2.08. The van der Waals surface area contributed by atoms with Gasteiger partial charge in [-0.3, -0.25) is 9.59 Å². The molecule has 0 aliphatic carbocycles. The Morgan fingerprint density at radius 3 is 1.21 bits per heavy atom. The molecular formula is C30H22O4. The normalized spacial score (nSPS) is 11.8. The quantitative estimate of drug-likeness (QED) is 0.184. The van der Waals surface area contributed by atoms with Crippen molar-refractivity contribution in [3.63, 3.8) is 0 Å². The van der Waals surface area contributed by atoms with Crippen LogP contribution in [0.2, 0.25) is 0 Å². The van der Waals surface area contributed by atoms with Gasteiger partial charge in [0.25, 0.3) is 0 Å². The highest BCUT2D eigenvalue weighted by atomic mass is 16.3. The third-order valence-corrected chi connectivity index (χ3v) is 5.30. The molecule has 0 bridgehead atoms. The Bertz CT molecular complexity index is 1270. The van der Waals surface area contributed by atoms with Crippen molar-refractivity contribution in [1.29, 1.82) is 0 Å². The molecule has 0 radical (unpaired) electrons. The predicted molar refractivity (Wildman–Crippen MR) is 135 cm³/mol. The Hall–Kier alpha value is -4.70. The Labute approximate surface area is 197 Å². The van der Waals surface area contributed by atoms with Crippen LogP contribution in [0.4, 0.5) is 0 Å². The number of allylic oxidation sites excluding steroid dienone is 2. The third-order valence-electron chi connectivity index (χ3n) is 5.30. The van der Waals surface area contributed by atoms with Crippen LogP contribution in [-0.2, 0) is 0 Å². The number of aliphatic hydroxyl groups excluding tert-OH is 2. The Balaban J connectivity index is 1.59. The van der Waals surface area contributed by atoms with E-state index in [1.54, 1.807) is 84.9 Å². The van der Waals surface area contributed by atoms with Gasteiger partial charge in [0.2, 0.25) is 0 Å². The summed E-state index contributed by atoms with van der Waals surface area (Å²) in [6, 6.07) is 31.7. The van der Waals surface area contributed by atoms with Gasteiger partial charge in [-0.15, -0.1) is 0 Å². The standard InChI is InChI=1S/C30H22O4/c31-27(21-9-3-1-4-10-21)19-29(33)25-15-7-13-23(17-25)24-14-8-16-26(18-24)30(34)20-28(32)22-11-5-2-6-12-22/h1-20,33-34H/b29-19-,30-20-. The molecular weight excluding hydrogens is 424 g/mol. The first-order valence-corrected chi connectivity index (χ1v) is 10.7. The van der Waals surface area contributed by atoms with E-state index in [1.807, 2.05) is 24.3 Å². The van der Waals surface area contributed by atoms with Gasteiger partial charge in [-0.1, -0.05) is 97.1 Å². The minimum atomic E-state index is -0.288. The van der Waals surface area contributed by atoms with E-state index in [9.17, 15) is 19.8 Å². The topological polar surface area (TPSA) is 74.6 Å². The molecule has 0 fully saturated rings. The van der Waals surface area contributed by atoms with E-state index in [0.717, 1.165) is 11.1 Å². The number of aliphatic hydroxyl groups is 2. The molecule has 4 aromatic carbocycles. The van der Waals surface area contributed by atoms with E-state index in [2.05, 4.69) is 0 Å². The van der Waals surface area contributed by atoms with Crippen LogP contribution in [0.1, 0.15) is 31.8 Å². The molecule has 0 amide bonds. The minimum absolute atomic E-state index is 0.136. The Kier molecular flexibility index (Phi) is 6.80. The second-order valence-corrected chi connectivity index (χ2v) is 7.68. The van der Waals surface area contributed by atoms with Crippen LogP contribution in [0.25, 0.3) is 22.6 Å². The molecule has 4 rings (SSSR count). The van der Waals surface area contributed by atoms with Gasteiger partial charge in [0.1, 0.15) is 11.5 Å². The molecule has 0 aromatic heterocycles. The van der Waals surface area contributed by atoms with Crippen molar-refractivity contribution < 1.29 is 19.8 Å². The smallest absolute Gasteiger partial charge is 0.189 e. The first-order chi connectivity index (χ1) is 16.5. The van der Waals surface area contributed by atoms with Crippen LogP contribution in [0, 0.1) is 0 Å². The molecule has 166 valence electrons. The van der Waals surface area contributed by atoms with Crippen molar-refractivity contribution in [2.45, 2.75) is 0 Å². The molecule has 34 heavy (non-hydrogen) atoms. The maximum absolute atomic E-state index is 12.4. The molecule has 0 unspecified atom stereocenters. The van der Waals surface area contributed by atoms with Gasteiger partial charge in [0, 0.05) is 34.4 Å². The predicted octanol–water partition coefficient (Wildman–Crippen LogP) is 6.92.